The van der Waals surface area contributed by atoms with Crippen LogP contribution >= 0.6 is 0 Å². The van der Waals surface area contributed by atoms with Gasteiger partial charge in [-0.1, -0.05) is 30.3 Å². The molecule has 0 atom stereocenters. The average molecular weight is 215 g/mol. The molecule has 2 aromatic rings. The van der Waals surface area contributed by atoms with E-state index in [9.17, 15) is 0 Å². The molecule has 0 unspecified atom stereocenters. The van der Waals surface area contributed by atoms with E-state index >= 15 is 0 Å². The molecule has 0 aliphatic rings. The molecule has 0 N–H and O–H groups in total. The van der Waals surface area contributed by atoms with Crippen LogP contribution in [0.2, 0.25) is 0 Å². The Morgan fingerprint density at radius 3 is 2.31 bits per heavy atom. The zero-order chi connectivity index (χ0) is 11.4. The zero-order valence-electron chi connectivity index (χ0n) is 9.31. The van der Waals surface area contributed by atoms with Crippen molar-refractivity contribution in [2.24, 2.45) is 0 Å². The summed E-state index contributed by atoms with van der Waals surface area (Å²) in [5, 5.41) is 0. The first-order chi connectivity index (χ1) is 7.86. The van der Waals surface area contributed by atoms with Crippen LogP contribution < -0.4 is 9.47 Å². The number of rotatable bonds is 3. The summed E-state index contributed by atoms with van der Waals surface area (Å²) in [7, 11) is 3.23. The topological polar surface area (TPSA) is 31.4 Å². The van der Waals surface area contributed by atoms with Crippen LogP contribution in [0.4, 0.5) is 0 Å². The molecule has 2 rings (SSSR count). The van der Waals surface area contributed by atoms with Gasteiger partial charge in [0.25, 0.3) is 0 Å². The van der Waals surface area contributed by atoms with Gasteiger partial charge >= 0.3 is 0 Å². The first-order valence-corrected chi connectivity index (χ1v) is 4.99. The van der Waals surface area contributed by atoms with E-state index in [1.165, 1.54) is 0 Å². The maximum absolute atomic E-state index is 5.33. The van der Waals surface area contributed by atoms with E-state index in [0.29, 0.717) is 11.5 Å². The lowest BCUT2D eigenvalue weighted by Crippen LogP contribution is -1.95. The Balaban J connectivity index is 2.57. The molecule has 0 saturated carbocycles. The van der Waals surface area contributed by atoms with Crippen molar-refractivity contribution in [1.29, 1.82) is 0 Å². The summed E-state index contributed by atoms with van der Waals surface area (Å²) in [5.41, 5.74) is 1.81. The fourth-order valence-corrected chi connectivity index (χ4v) is 1.59. The third-order valence-corrected chi connectivity index (χ3v) is 2.34. The second kappa shape index (κ2) is 4.66. The summed E-state index contributed by atoms with van der Waals surface area (Å²) in [6.07, 6.45) is 1.71. The quantitative estimate of drug-likeness (QED) is 0.788. The van der Waals surface area contributed by atoms with Gasteiger partial charge in [0.2, 0.25) is 0 Å². The SMILES string of the molecule is COc1ccnc(-c2ccccc2)c1OC. The number of hydrogen-bond donors (Lipinski definition) is 0. The molecule has 0 radical (unpaired) electrons. The number of benzene rings is 1. The van der Waals surface area contributed by atoms with Gasteiger partial charge in [-0.3, -0.25) is 4.98 Å². The van der Waals surface area contributed by atoms with E-state index in [1.807, 2.05) is 30.3 Å². The molecule has 1 aromatic carbocycles. The summed E-state index contributed by atoms with van der Waals surface area (Å²) >= 11 is 0. The van der Waals surface area contributed by atoms with Crippen LogP contribution in [0.1, 0.15) is 0 Å². The molecule has 1 aromatic heterocycles. The summed E-state index contributed by atoms with van der Waals surface area (Å²) in [6, 6.07) is 11.7. The number of aromatic nitrogens is 1. The van der Waals surface area contributed by atoms with Crippen molar-refractivity contribution in [2.45, 2.75) is 0 Å². The zero-order valence-corrected chi connectivity index (χ0v) is 9.31. The van der Waals surface area contributed by atoms with Crippen LogP contribution in [0.25, 0.3) is 11.3 Å². The second-order valence-corrected chi connectivity index (χ2v) is 3.26. The minimum Gasteiger partial charge on any atom is -0.493 e. The van der Waals surface area contributed by atoms with Crippen LogP contribution in [0.5, 0.6) is 11.5 Å². The predicted octanol–water partition coefficient (Wildman–Crippen LogP) is 2.77. The summed E-state index contributed by atoms with van der Waals surface area (Å²) in [6.45, 7) is 0. The van der Waals surface area contributed by atoms with Crippen molar-refractivity contribution in [1.82, 2.24) is 4.98 Å². The largest absolute Gasteiger partial charge is 0.493 e. The highest BCUT2D eigenvalue weighted by Gasteiger charge is 2.11. The molecule has 0 fully saturated rings. The average Bonchev–Trinajstić information content (AvgIpc) is 2.38. The second-order valence-electron chi connectivity index (χ2n) is 3.26. The van der Waals surface area contributed by atoms with Crippen LogP contribution in [0, 0.1) is 0 Å². The molecule has 0 bridgehead atoms. The monoisotopic (exact) mass is 215 g/mol. The van der Waals surface area contributed by atoms with Crippen molar-refractivity contribution in [3.8, 4) is 22.8 Å². The molecule has 3 heteroatoms. The molecule has 16 heavy (non-hydrogen) atoms. The molecule has 3 nitrogen and oxygen atoms in total. The molecule has 82 valence electrons. The highest BCUT2D eigenvalue weighted by atomic mass is 16.5. The van der Waals surface area contributed by atoms with Crippen molar-refractivity contribution < 1.29 is 9.47 Å². The van der Waals surface area contributed by atoms with Crippen LogP contribution in [0.3, 0.4) is 0 Å². The third kappa shape index (κ3) is 1.84. The van der Waals surface area contributed by atoms with Gasteiger partial charge in [0.05, 0.1) is 14.2 Å². The van der Waals surface area contributed by atoms with Gasteiger partial charge in [0.1, 0.15) is 5.69 Å². The number of nitrogens with zero attached hydrogens (tertiary/aromatic N) is 1. The summed E-state index contributed by atoms with van der Waals surface area (Å²) in [5.74, 6) is 1.35. The minimum absolute atomic E-state index is 0.663. The van der Waals surface area contributed by atoms with E-state index in [2.05, 4.69) is 4.98 Å². The van der Waals surface area contributed by atoms with E-state index < -0.39 is 0 Å². The fraction of sp³-hybridized carbons (Fsp3) is 0.154. The molecule has 0 aliphatic carbocycles. The molecule has 0 aliphatic heterocycles. The number of methoxy groups -OCH3 is 2. The minimum atomic E-state index is 0.663. The molecular weight excluding hydrogens is 202 g/mol. The number of ether oxygens (including phenoxy) is 2. The van der Waals surface area contributed by atoms with Gasteiger partial charge in [-0.2, -0.15) is 0 Å². The van der Waals surface area contributed by atoms with Gasteiger partial charge in [0.15, 0.2) is 11.5 Å². The Hall–Kier alpha value is -2.03. The van der Waals surface area contributed by atoms with Gasteiger partial charge in [-0.25, -0.2) is 0 Å². The van der Waals surface area contributed by atoms with Crippen LogP contribution in [0.15, 0.2) is 42.6 Å². The first-order valence-electron chi connectivity index (χ1n) is 4.99. The van der Waals surface area contributed by atoms with E-state index in [-0.39, 0.29) is 0 Å². The Bertz CT molecular complexity index is 469. The smallest absolute Gasteiger partial charge is 0.187 e. The van der Waals surface area contributed by atoms with E-state index in [4.69, 9.17) is 9.47 Å². The molecule has 1 heterocycles. The highest BCUT2D eigenvalue weighted by molar-refractivity contribution is 5.69. The van der Waals surface area contributed by atoms with Crippen molar-refractivity contribution >= 4 is 0 Å². The summed E-state index contributed by atoms with van der Waals surface area (Å²) in [4.78, 5) is 4.32. The molecule has 0 saturated heterocycles. The van der Waals surface area contributed by atoms with Crippen LogP contribution in [-0.4, -0.2) is 19.2 Å². The van der Waals surface area contributed by atoms with Gasteiger partial charge < -0.3 is 9.47 Å². The van der Waals surface area contributed by atoms with Crippen molar-refractivity contribution in [3.05, 3.63) is 42.6 Å². The van der Waals surface area contributed by atoms with Crippen LogP contribution in [-0.2, 0) is 0 Å². The molecule has 0 amide bonds. The predicted molar refractivity (Wildman–Crippen MR) is 62.8 cm³/mol. The van der Waals surface area contributed by atoms with E-state index in [1.54, 1.807) is 26.5 Å². The highest BCUT2D eigenvalue weighted by Crippen LogP contribution is 2.35. The number of hydrogen-bond acceptors (Lipinski definition) is 3. The normalized spacial score (nSPS) is 9.88. The van der Waals surface area contributed by atoms with Gasteiger partial charge in [-0.05, 0) is 0 Å². The lowest BCUT2D eigenvalue weighted by Gasteiger charge is -2.11. The Morgan fingerprint density at radius 1 is 0.938 bits per heavy atom. The lowest BCUT2D eigenvalue weighted by molar-refractivity contribution is 0.354. The standard InChI is InChI=1S/C13H13NO2/c1-15-11-8-9-14-12(13(11)16-2)10-6-4-3-5-7-10/h3-9H,1-2H3. The Labute approximate surface area is 94.7 Å². The third-order valence-electron chi connectivity index (χ3n) is 2.34. The van der Waals surface area contributed by atoms with Gasteiger partial charge in [-0.15, -0.1) is 0 Å². The first kappa shape index (κ1) is 10.5. The Morgan fingerprint density at radius 2 is 1.69 bits per heavy atom. The van der Waals surface area contributed by atoms with Crippen molar-refractivity contribution in [2.75, 3.05) is 14.2 Å². The number of pyridine rings is 1. The molecular formula is C13H13NO2. The Kier molecular flexibility index (Phi) is 3.05. The van der Waals surface area contributed by atoms with Crippen molar-refractivity contribution in [3.63, 3.8) is 0 Å². The lowest BCUT2D eigenvalue weighted by atomic mass is 10.1. The maximum atomic E-state index is 5.33. The van der Waals surface area contributed by atoms with Gasteiger partial charge in [0, 0.05) is 17.8 Å². The maximum Gasteiger partial charge on any atom is 0.187 e. The van der Waals surface area contributed by atoms with E-state index in [0.717, 1.165) is 11.3 Å². The fourth-order valence-electron chi connectivity index (χ4n) is 1.59. The molecule has 0 spiro atoms. The summed E-state index contributed by atoms with van der Waals surface area (Å²) < 4.78 is 10.6.